The molecule has 0 amide bonds. The normalized spacial score (nSPS) is 26.3. The molecule has 13 heavy (non-hydrogen) atoms. The van der Waals surface area contributed by atoms with Crippen molar-refractivity contribution in [2.75, 3.05) is 32.8 Å². The first kappa shape index (κ1) is 11.4. The lowest BCUT2D eigenvalue weighted by Gasteiger charge is -2.34. The van der Waals surface area contributed by atoms with Crippen molar-refractivity contribution in [3.63, 3.8) is 0 Å². The van der Waals surface area contributed by atoms with E-state index in [4.69, 9.17) is 4.74 Å². The van der Waals surface area contributed by atoms with Gasteiger partial charge in [-0.05, 0) is 6.92 Å². The minimum absolute atomic E-state index is 0.414. The van der Waals surface area contributed by atoms with Crippen LogP contribution in [0.4, 0.5) is 0 Å². The van der Waals surface area contributed by atoms with Gasteiger partial charge in [0.1, 0.15) is 0 Å². The highest BCUT2D eigenvalue weighted by Crippen LogP contribution is 2.25. The van der Waals surface area contributed by atoms with Crippen LogP contribution in [-0.2, 0) is 4.74 Å². The van der Waals surface area contributed by atoms with Crippen molar-refractivity contribution in [2.45, 2.75) is 26.9 Å². The summed E-state index contributed by atoms with van der Waals surface area (Å²) in [5.41, 5.74) is 0. The van der Waals surface area contributed by atoms with Crippen LogP contribution in [0, 0.1) is 0 Å². The summed E-state index contributed by atoms with van der Waals surface area (Å²) >= 11 is 0. The molecule has 1 rings (SSSR count). The molecule has 0 N–H and O–H groups in total. The third-order valence-electron chi connectivity index (χ3n) is 2.29. The highest BCUT2D eigenvalue weighted by atomic mass is 31.1. The van der Waals surface area contributed by atoms with Crippen LogP contribution < -0.4 is 0 Å². The molecular weight excluding hydrogens is 183 g/mol. The maximum Gasteiger partial charge on any atom is 0.0678 e. The Morgan fingerprint density at radius 1 is 1.46 bits per heavy atom. The van der Waals surface area contributed by atoms with E-state index in [1.165, 1.54) is 0 Å². The molecule has 0 aromatic carbocycles. The number of rotatable bonds is 4. The Hall–Kier alpha value is 0.310. The molecule has 1 saturated heterocycles. The zero-order valence-electron chi connectivity index (χ0n) is 8.92. The van der Waals surface area contributed by atoms with Crippen molar-refractivity contribution in [3.05, 3.63) is 0 Å². The summed E-state index contributed by atoms with van der Waals surface area (Å²) in [6.07, 6.45) is 0.414. The SMILES string of the molecule is CCN(CC)PN1CCOC(C)C1. The maximum atomic E-state index is 5.50. The van der Waals surface area contributed by atoms with Crippen LogP contribution in [0.5, 0.6) is 0 Å². The topological polar surface area (TPSA) is 15.7 Å². The second-order valence-electron chi connectivity index (χ2n) is 3.40. The van der Waals surface area contributed by atoms with Gasteiger partial charge in [0.05, 0.1) is 12.7 Å². The van der Waals surface area contributed by atoms with Crippen LogP contribution >= 0.6 is 8.88 Å². The number of nitrogens with zero attached hydrogens (tertiary/aromatic N) is 2. The highest BCUT2D eigenvalue weighted by Gasteiger charge is 2.17. The minimum Gasteiger partial charge on any atom is -0.376 e. The first-order valence-electron chi connectivity index (χ1n) is 5.14. The van der Waals surface area contributed by atoms with Gasteiger partial charge in [0, 0.05) is 35.1 Å². The van der Waals surface area contributed by atoms with Gasteiger partial charge < -0.3 is 4.74 Å². The van der Waals surface area contributed by atoms with Crippen molar-refractivity contribution in [2.24, 2.45) is 0 Å². The molecule has 0 radical (unpaired) electrons. The molecule has 78 valence electrons. The lowest BCUT2D eigenvalue weighted by atomic mass is 10.3. The van der Waals surface area contributed by atoms with Crippen molar-refractivity contribution >= 4 is 8.88 Å². The number of hydrogen-bond acceptors (Lipinski definition) is 3. The molecule has 0 bridgehead atoms. The molecule has 0 aliphatic carbocycles. The lowest BCUT2D eigenvalue weighted by Crippen LogP contribution is -2.38. The molecule has 1 aliphatic heterocycles. The molecule has 3 nitrogen and oxygen atoms in total. The van der Waals surface area contributed by atoms with E-state index < -0.39 is 0 Å². The highest BCUT2D eigenvalue weighted by molar-refractivity contribution is 7.32. The molecule has 4 heteroatoms. The van der Waals surface area contributed by atoms with Crippen LogP contribution in [0.3, 0.4) is 0 Å². The zero-order valence-corrected chi connectivity index (χ0v) is 9.92. The molecule has 2 atom stereocenters. The summed E-state index contributed by atoms with van der Waals surface area (Å²) in [5, 5.41) is 0. The third kappa shape index (κ3) is 3.90. The molecule has 0 spiro atoms. The Kier molecular flexibility index (Phi) is 5.18. The molecule has 1 heterocycles. The predicted octanol–water partition coefficient (Wildman–Crippen LogP) is 1.56. The molecule has 0 aromatic heterocycles. The fourth-order valence-electron chi connectivity index (χ4n) is 1.47. The first-order chi connectivity index (χ1) is 6.26. The summed E-state index contributed by atoms with van der Waals surface area (Å²) in [4.78, 5) is 0. The molecule has 1 fully saturated rings. The van der Waals surface area contributed by atoms with Crippen LogP contribution in [0.25, 0.3) is 0 Å². The second-order valence-corrected chi connectivity index (χ2v) is 4.86. The van der Waals surface area contributed by atoms with Crippen LogP contribution in [0.2, 0.25) is 0 Å². The maximum absolute atomic E-state index is 5.50. The van der Waals surface area contributed by atoms with Gasteiger partial charge in [-0.1, -0.05) is 13.8 Å². The predicted molar refractivity (Wildman–Crippen MR) is 58.2 cm³/mol. The van der Waals surface area contributed by atoms with E-state index >= 15 is 0 Å². The van der Waals surface area contributed by atoms with Crippen molar-refractivity contribution < 1.29 is 4.74 Å². The monoisotopic (exact) mass is 204 g/mol. The average molecular weight is 204 g/mol. The Balaban J connectivity index is 2.26. The lowest BCUT2D eigenvalue weighted by molar-refractivity contribution is 0.0109. The standard InChI is InChI=1S/C9H21N2OP/c1-4-10(5-2)13-11-6-7-12-9(3)8-11/h9,13H,4-8H2,1-3H3. The van der Waals surface area contributed by atoms with Gasteiger partial charge in [-0.3, -0.25) is 9.34 Å². The molecular formula is C9H21N2OP. The Morgan fingerprint density at radius 2 is 2.15 bits per heavy atom. The van der Waals surface area contributed by atoms with Crippen LogP contribution in [0.15, 0.2) is 0 Å². The Labute approximate surface area is 83.3 Å². The first-order valence-corrected chi connectivity index (χ1v) is 6.03. The fraction of sp³-hybridized carbons (Fsp3) is 1.00. The fourth-order valence-corrected chi connectivity index (χ4v) is 2.69. The van der Waals surface area contributed by atoms with E-state index in [0.717, 1.165) is 41.7 Å². The third-order valence-corrected chi connectivity index (χ3v) is 3.89. The second kappa shape index (κ2) is 5.92. The summed E-state index contributed by atoms with van der Waals surface area (Å²) in [5.74, 6) is 0. The summed E-state index contributed by atoms with van der Waals surface area (Å²) in [6, 6.07) is 0. The molecule has 0 saturated carbocycles. The molecule has 1 aliphatic rings. The van der Waals surface area contributed by atoms with Crippen molar-refractivity contribution in [1.82, 2.24) is 9.34 Å². The van der Waals surface area contributed by atoms with Gasteiger partial charge in [-0.25, -0.2) is 0 Å². The Morgan fingerprint density at radius 3 is 2.69 bits per heavy atom. The van der Waals surface area contributed by atoms with Gasteiger partial charge in [0.15, 0.2) is 0 Å². The van der Waals surface area contributed by atoms with E-state index in [0.29, 0.717) is 6.10 Å². The quantitative estimate of drug-likeness (QED) is 0.646. The van der Waals surface area contributed by atoms with Crippen molar-refractivity contribution in [1.29, 1.82) is 0 Å². The van der Waals surface area contributed by atoms with Crippen LogP contribution in [0.1, 0.15) is 20.8 Å². The molecule has 0 aromatic rings. The van der Waals surface area contributed by atoms with Gasteiger partial charge in [-0.2, -0.15) is 0 Å². The van der Waals surface area contributed by atoms with Gasteiger partial charge >= 0.3 is 0 Å². The smallest absolute Gasteiger partial charge is 0.0678 e. The summed E-state index contributed by atoms with van der Waals surface area (Å²) < 4.78 is 10.5. The van der Waals surface area contributed by atoms with E-state index in [1.807, 2.05) is 0 Å². The van der Waals surface area contributed by atoms with Gasteiger partial charge in [0.25, 0.3) is 0 Å². The Bertz CT molecular complexity index is 142. The summed E-state index contributed by atoms with van der Waals surface area (Å²) in [7, 11) is 0.845. The minimum atomic E-state index is 0.414. The molecule has 2 unspecified atom stereocenters. The van der Waals surface area contributed by atoms with Gasteiger partial charge in [-0.15, -0.1) is 0 Å². The number of ether oxygens (including phenoxy) is 1. The summed E-state index contributed by atoms with van der Waals surface area (Å²) in [6.45, 7) is 12.0. The average Bonchev–Trinajstić information content (AvgIpc) is 2.14. The number of morpholine rings is 1. The zero-order chi connectivity index (χ0) is 9.68. The van der Waals surface area contributed by atoms with Gasteiger partial charge in [0.2, 0.25) is 0 Å². The van der Waals surface area contributed by atoms with Crippen LogP contribution in [-0.4, -0.2) is 48.2 Å². The van der Waals surface area contributed by atoms with E-state index in [-0.39, 0.29) is 0 Å². The largest absolute Gasteiger partial charge is 0.376 e. The van der Waals surface area contributed by atoms with E-state index in [9.17, 15) is 0 Å². The van der Waals surface area contributed by atoms with E-state index in [1.54, 1.807) is 0 Å². The van der Waals surface area contributed by atoms with Crippen molar-refractivity contribution in [3.8, 4) is 0 Å². The number of hydrogen-bond donors (Lipinski definition) is 0. The van der Waals surface area contributed by atoms with E-state index in [2.05, 4.69) is 30.1 Å².